The molecule has 9 atom stereocenters. The van der Waals surface area contributed by atoms with Crippen LogP contribution in [0.3, 0.4) is 0 Å². The monoisotopic (exact) mass is 483 g/mol. The first-order valence-electron chi connectivity index (χ1n) is 12.0. The summed E-state index contributed by atoms with van der Waals surface area (Å²) in [7, 11) is 1.38. The molecule has 1 saturated heterocycles. The van der Waals surface area contributed by atoms with Crippen molar-refractivity contribution < 1.29 is 50.0 Å². The third kappa shape index (κ3) is 10.8. The Morgan fingerprint density at radius 2 is 1.30 bits per heavy atom. The van der Waals surface area contributed by atoms with E-state index in [0.29, 0.717) is 6.42 Å². The zero-order chi connectivity index (χ0) is 24.8. The molecule has 0 aromatic carbocycles. The van der Waals surface area contributed by atoms with E-state index in [1.165, 1.54) is 13.5 Å². The number of rotatable bonds is 18. The normalized spacial score (nSPS) is 29.5. The molecule has 9 N–H and O–H groups in total. The summed E-state index contributed by atoms with van der Waals surface area (Å²) in [6.45, 7) is 0.125. The Morgan fingerprint density at radius 3 is 1.88 bits per heavy atom. The molecule has 1 fully saturated rings. The van der Waals surface area contributed by atoms with Gasteiger partial charge in [-0.05, 0) is 19.4 Å². The van der Waals surface area contributed by atoms with Crippen LogP contribution < -0.4 is 5.73 Å². The van der Waals surface area contributed by atoms with E-state index in [4.69, 9.17) is 19.9 Å². The summed E-state index contributed by atoms with van der Waals surface area (Å²) in [4.78, 5) is 0. The Hall–Kier alpha value is -0.440. The minimum absolute atomic E-state index is 0.0603. The van der Waals surface area contributed by atoms with E-state index >= 15 is 0 Å². The van der Waals surface area contributed by atoms with E-state index < -0.39 is 61.7 Å². The van der Waals surface area contributed by atoms with E-state index in [1.54, 1.807) is 0 Å². The van der Waals surface area contributed by atoms with Crippen molar-refractivity contribution in [1.29, 1.82) is 0 Å². The summed E-state index contributed by atoms with van der Waals surface area (Å²) in [6.07, 6.45) is -4.41. The Kier molecular flexibility index (Phi) is 15.8. The maximum absolute atomic E-state index is 10.2. The second-order valence-corrected chi connectivity index (χ2v) is 8.83. The van der Waals surface area contributed by atoms with Crippen molar-refractivity contribution in [2.75, 3.05) is 26.9 Å². The third-order valence-corrected chi connectivity index (χ3v) is 6.02. The van der Waals surface area contributed by atoms with Crippen LogP contribution in [-0.2, 0) is 14.2 Å². The lowest BCUT2D eigenvalue weighted by Crippen LogP contribution is -2.59. The number of aliphatic hydroxyl groups excluding tert-OH is 7. The average Bonchev–Trinajstić information content (AvgIpc) is 2.81. The molecule has 11 heteroatoms. The van der Waals surface area contributed by atoms with Crippen LogP contribution in [-0.4, -0.2) is 118 Å². The third-order valence-electron chi connectivity index (χ3n) is 6.02. The number of ether oxygens (including phenoxy) is 3. The number of aliphatic hydroxyl groups is 7. The van der Waals surface area contributed by atoms with Crippen LogP contribution in [0.15, 0.2) is 0 Å². The van der Waals surface area contributed by atoms with Gasteiger partial charge in [0, 0.05) is 7.11 Å². The summed E-state index contributed by atoms with van der Waals surface area (Å²) in [5, 5.41) is 70.4. The molecule has 4 unspecified atom stereocenters. The molecular weight excluding hydrogens is 438 g/mol. The van der Waals surface area contributed by atoms with Crippen LogP contribution in [0.25, 0.3) is 0 Å². The lowest BCUT2D eigenvalue weighted by molar-refractivity contribution is -0.307. The molecule has 0 aromatic heterocycles. The van der Waals surface area contributed by atoms with Crippen LogP contribution in [0.2, 0.25) is 0 Å². The summed E-state index contributed by atoms with van der Waals surface area (Å²) < 4.78 is 15.5. The van der Waals surface area contributed by atoms with Gasteiger partial charge in [-0.2, -0.15) is 0 Å². The SMILES string of the molecule is COCC1O[C@H](OCC(O)[C@@H](O)[C@H](O)C(O)CCCCCCCCCCN)C(O)[C@@H](O)[C@@H]1O. The molecule has 11 nitrogen and oxygen atoms in total. The maximum Gasteiger partial charge on any atom is 0.186 e. The first kappa shape index (κ1) is 30.6. The number of nitrogens with two attached hydrogens (primary N) is 1. The molecule has 1 rings (SSSR count). The Bertz CT molecular complexity index is 488. The van der Waals surface area contributed by atoms with Crippen molar-refractivity contribution in [1.82, 2.24) is 0 Å². The van der Waals surface area contributed by atoms with E-state index in [2.05, 4.69) is 0 Å². The van der Waals surface area contributed by atoms with Gasteiger partial charge in [-0.15, -0.1) is 0 Å². The average molecular weight is 484 g/mol. The van der Waals surface area contributed by atoms with Gasteiger partial charge in [0.2, 0.25) is 0 Å². The predicted molar refractivity (Wildman–Crippen MR) is 119 cm³/mol. The number of hydrogen-bond acceptors (Lipinski definition) is 11. The highest BCUT2D eigenvalue weighted by Gasteiger charge is 2.44. The van der Waals surface area contributed by atoms with Crippen LogP contribution >= 0.6 is 0 Å². The predicted octanol–water partition coefficient (Wildman–Crippen LogP) is -1.63. The molecule has 0 aliphatic carbocycles. The first-order chi connectivity index (χ1) is 15.7. The van der Waals surface area contributed by atoms with Gasteiger partial charge >= 0.3 is 0 Å². The van der Waals surface area contributed by atoms with Gasteiger partial charge in [0.15, 0.2) is 6.29 Å². The molecule has 0 amide bonds. The highest BCUT2D eigenvalue weighted by atomic mass is 16.7. The number of methoxy groups -OCH3 is 1. The highest BCUT2D eigenvalue weighted by Crippen LogP contribution is 2.23. The second kappa shape index (κ2) is 17.1. The number of hydrogen-bond donors (Lipinski definition) is 8. The highest BCUT2D eigenvalue weighted by molar-refractivity contribution is 4.89. The number of unbranched alkanes of at least 4 members (excludes halogenated alkanes) is 7. The van der Waals surface area contributed by atoms with E-state index in [0.717, 1.165) is 45.1 Å². The summed E-state index contributed by atoms with van der Waals surface area (Å²) in [6, 6.07) is 0. The zero-order valence-corrected chi connectivity index (χ0v) is 19.6. The van der Waals surface area contributed by atoms with E-state index in [9.17, 15) is 35.7 Å². The quantitative estimate of drug-likeness (QED) is 0.104. The second-order valence-electron chi connectivity index (χ2n) is 8.83. The minimum Gasteiger partial charge on any atom is -0.390 e. The first-order valence-corrected chi connectivity index (χ1v) is 12.0. The van der Waals surface area contributed by atoms with Crippen molar-refractivity contribution in [3.63, 3.8) is 0 Å². The minimum atomic E-state index is -1.69. The van der Waals surface area contributed by atoms with Crippen LogP contribution in [0.5, 0.6) is 0 Å². The van der Waals surface area contributed by atoms with Gasteiger partial charge in [-0.3, -0.25) is 0 Å². The van der Waals surface area contributed by atoms with Gasteiger partial charge in [0.05, 0.1) is 19.3 Å². The lowest BCUT2D eigenvalue weighted by Gasteiger charge is -2.40. The molecule has 0 saturated carbocycles. The van der Waals surface area contributed by atoms with Crippen molar-refractivity contribution in [3.05, 3.63) is 0 Å². The van der Waals surface area contributed by atoms with Crippen LogP contribution in [0.4, 0.5) is 0 Å². The molecule has 198 valence electrons. The van der Waals surface area contributed by atoms with Crippen molar-refractivity contribution in [2.45, 2.75) is 113 Å². The maximum atomic E-state index is 10.2. The van der Waals surface area contributed by atoms with Gasteiger partial charge in [0.1, 0.15) is 42.7 Å². The fourth-order valence-corrected chi connectivity index (χ4v) is 3.83. The molecule has 0 spiro atoms. The zero-order valence-electron chi connectivity index (χ0n) is 19.6. The standard InChI is InChI=1S/C22H45NO10/c1-31-13-16-19(28)20(29)21(30)22(33-16)32-12-15(25)18(27)17(26)14(24)10-8-6-4-2-3-5-7-9-11-23/h14-22,24-30H,2-13,23H2,1H3/t14?,15?,16?,17-,18-,19-,20+,21?,22+/m1/s1. The van der Waals surface area contributed by atoms with Crippen LogP contribution in [0, 0.1) is 0 Å². The Labute approximate surface area is 196 Å². The molecule has 0 aromatic rings. The molecular formula is C22H45NO10. The van der Waals surface area contributed by atoms with E-state index in [-0.39, 0.29) is 13.0 Å². The Balaban J connectivity index is 2.31. The lowest BCUT2D eigenvalue weighted by atomic mass is 9.98. The molecule has 0 bridgehead atoms. The fourth-order valence-electron chi connectivity index (χ4n) is 3.83. The molecule has 0 radical (unpaired) electrons. The molecule has 1 heterocycles. The fraction of sp³-hybridized carbons (Fsp3) is 1.00. The van der Waals surface area contributed by atoms with E-state index in [1.807, 2.05) is 0 Å². The Morgan fingerprint density at radius 1 is 0.758 bits per heavy atom. The van der Waals surface area contributed by atoms with Crippen molar-refractivity contribution in [3.8, 4) is 0 Å². The van der Waals surface area contributed by atoms with Crippen molar-refractivity contribution in [2.24, 2.45) is 5.73 Å². The van der Waals surface area contributed by atoms with Crippen molar-refractivity contribution >= 4 is 0 Å². The van der Waals surface area contributed by atoms with Gasteiger partial charge in [0.25, 0.3) is 0 Å². The smallest absolute Gasteiger partial charge is 0.186 e. The molecule has 1 aliphatic heterocycles. The molecule has 1 aliphatic rings. The van der Waals surface area contributed by atoms with Crippen LogP contribution in [0.1, 0.15) is 57.8 Å². The largest absolute Gasteiger partial charge is 0.390 e. The van der Waals surface area contributed by atoms with Gasteiger partial charge < -0.3 is 55.7 Å². The van der Waals surface area contributed by atoms with Gasteiger partial charge in [-0.1, -0.05) is 44.9 Å². The molecule has 33 heavy (non-hydrogen) atoms. The summed E-state index contributed by atoms with van der Waals surface area (Å²) in [5.41, 5.74) is 5.46. The summed E-state index contributed by atoms with van der Waals surface area (Å²) >= 11 is 0. The topological polar surface area (TPSA) is 195 Å². The van der Waals surface area contributed by atoms with Gasteiger partial charge in [-0.25, -0.2) is 0 Å². The summed E-state index contributed by atoms with van der Waals surface area (Å²) in [5.74, 6) is 0.